The molecule has 20 heavy (non-hydrogen) atoms. The highest BCUT2D eigenvalue weighted by atomic mass is 16.5. The quantitative estimate of drug-likeness (QED) is 0.413. The molecule has 0 saturated heterocycles. The predicted octanol–water partition coefficient (Wildman–Crippen LogP) is 0.543. The van der Waals surface area contributed by atoms with Crippen molar-refractivity contribution in [1.82, 2.24) is 25.4 Å². The third-order valence-corrected chi connectivity index (χ3v) is 2.82. The fourth-order valence-electron chi connectivity index (χ4n) is 1.51. The largest absolute Gasteiger partial charge is 0.380 e. The molecular formula is C13H26N6O. The van der Waals surface area contributed by atoms with E-state index in [1.165, 1.54) is 0 Å². The number of guanidine groups is 1. The molecule has 7 nitrogen and oxygen atoms in total. The molecule has 7 heteroatoms. The van der Waals surface area contributed by atoms with E-state index in [4.69, 9.17) is 4.74 Å². The summed E-state index contributed by atoms with van der Waals surface area (Å²) in [5.74, 6) is 2.28. The van der Waals surface area contributed by atoms with E-state index >= 15 is 0 Å². The van der Waals surface area contributed by atoms with Crippen LogP contribution < -0.4 is 10.6 Å². The van der Waals surface area contributed by atoms with Crippen molar-refractivity contribution in [2.45, 2.75) is 26.8 Å². The Morgan fingerprint density at radius 2 is 2.20 bits per heavy atom. The highest BCUT2D eigenvalue weighted by Crippen LogP contribution is 1.98. The maximum atomic E-state index is 5.54. The van der Waals surface area contributed by atoms with Crippen LogP contribution in [0.1, 0.15) is 26.1 Å². The van der Waals surface area contributed by atoms with E-state index in [9.17, 15) is 0 Å². The van der Waals surface area contributed by atoms with Gasteiger partial charge in [0.15, 0.2) is 11.8 Å². The Hall–Kier alpha value is -1.63. The molecule has 0 fully saturated rings. The van der Waals surface area contributed by atoms with E-state index in [0.717, 1.165) is 31.4 Å². The molecule has 0 saturated carbocycles. The third-order valence-electron chi connectivity index (χ3n) is 2.82. The molecule has 1 aromatic heterocycles. The first-order valence-corrected chi connectivity index (χ1v) is 6.98. The molecule has 1 aromatic rings. The summed E-state index contributed by atoms with van der Waals surface area (Å²) in [5, 5.41) is 14.2. The average Bonchev–Trinajstić information content (AvgIpc) is 2.82. The lowest BCUT2D eigenvalue weighted by Gasteiger charge is -2.12. The number of rotatable bonds is 8. The van der Waals surface area contributed by atoms with Crippen molar-refractivity contribution in [2.24, 2.45) is 18.0 Å². The first kappa shape index (κ1) is 16.4. The van der Waals surface area contributed by atoms with Crippen LogP contribution in [0.3, 0.4) is 0 Å². The molecule has 0 aliphatic heterocycles. The zero-order valence-corrected chi connectivity index (χ0v) is 12.9. The Balaban J connectivity index is 2.13. The van der Waals surface area contributed by atoms with Gasteiger partial charge in [-0.15, -0.1) is 10.2 Å². The van der Waals surface area contributed by atoms with Crippen molar-refractivity contribution >= 4 is 5.96 Å². The number of hydrogen-bond acceptors (Lipinski definition) is 4. The van der Waals surface area contributed by atoms with E-state index in [1.54, 1.807) is 13.4 Å². The van der Waals surface area contributed by atoms with Crippen molar-refractivity contribution in [3.8, 4) is 0 Å². The maximum absolute atomic E-state index is 5.54. The van der Waals surface area contributed by atoms with Crippen LogP contribution in [-0.2, 0) is 18.3 Å². The smallest absolute Gasteiger partial charge is 0.191 e. The van der Waals surface area contributed by atoms with Crippen molar-refractivity contribution in [2.75, 3.05) is 26.8 Å². The first-order chi connectivity index (χ1) is 9.63. The fourth-order valence-corrected chi connectivity index (χ4v) is 1.51. The molecular weight excluding hydrogens is 256 g/mol. The molecule has 0 unspecified atom stereocenters. The van der Waals surface area contributed by atoms with Gasteiger partial charge in [-0.25, -0.2) is 0 Å². The lowest BCUT2D eigenvalue weighted by atomic mass is 10.1. The van der Waals surface area contributed by atoms with Crippen LogP contribution in [0.2, 0.25) is 0 Å². The Bertz CT molecular complexity index is 401. The molecule has 0 aromatic carbocycles. The zero-order valence-electron chi connectivity index (χ0n) is 12.9. The standard InChI is InChI=1S/C13H26N6O/c1-11(2)5-7-20-8-6-15-13(14-3)16-9-12-18-17-10-19(12)4/h10-11H,5-9H2,1-4H3,(H2,14,15,16). The number of nitrogens with one attached hydrogen (secondary N) is 2. The van der Waals surface area contributed by atoms with E-state index in [-0.39, 0.29) is 0 Å². The van der Waals surface area contributed by atoms with Gasteiger partial charge in [0, 0.05) is 27.2 Å². The SMILES string of the molecule is CN=C(NCCOCCC(C)C)NCc1nncn1C. The van der Waals surface area contributed by atoms with Gasteiger partial charge in [-0.1, -0.05) is 13.8 Å². The second-order valence-corrected chi connectivity index (χ2v) is 5.01. The van der Waals surface area contributed by atoms with Gasteiger partial charge in [-0.05, 0) is 12.3 Å². The maximum Gasteiger partial charge on any atom is 0.191 e. The molecule has 0 amide bonds. The Kier molecular flexibility index (Phi) is 7.64. The minimum atomic E-state index is 0.588. The number of hydrogen-bond donors (Lipinski definition) is 2. The van der Waals surface area contributed by atoms with Crippen molar-refractivity contribution < 1.29 is 4.74 Å². The number of nitrogens with zero attached hydrogens (tertiary/aromatic N) is 4. The third kappa shape index (κ3) is 6.51. The van der Waals surface area contributed by atoms with Gasteiger partial charge in [-0.3, -0.25) is 4.99 Å². The Morgan fingerprint density at radius 3 is 2.80 bits per heavy atom. The zero-order chi connectivity index (χ0) is 14.8. The molecule has 0 radical (unpaired) electrons. The van der Waals surface area contributed by atoms with Gasteiger partial charge >= 0.3 is 0 Å². The lowest BCUT2D eigenvalue weighted by Crippen LogP contribution is -2.39. The normalized spacial score (nSPS) is 11.9. The van der Waals surface area contributed by atoms with Crippen LogP contribution in [0.15, 0.2) is 11.3 Å². The Morgan fingerprint density at radius 1 is 1.40 bits per heavy atom. The fraction of sp³-hybridized carbons (Fsp3) is 0.769. The summed E-state index contributed by atoms with van der Waals surface area (Å²) in [6, 6.07) is 0. The van der Waals surface area contributed by atoms with Crippen molar-refractivity contribution in [1.29, 1.82) is 0 Å². The molecule has 114 valence electrons. The molecule has 0 aliphatic rings. The Labute approximate surface area is 120 Å². The molecule has 0 aliphatic carbocycles. The summed E-state index contributed by atoms with van der Waals surface area (Å²) >= 11 is 0. The number of aryl methyl sites for hydroxylation is 1. The van der Waals surface area contributed by atoms with Crippen LogP contribution in [0, 0.1) is 5.92 Å². The average molecular weight is 282 g/mol. The van der Waals surface area contributed by atoms with Crippen LogP contribution in [-0.4, -0.2) is 47.5 Å². The molecule has 2 N–H and O–H groups in total. The summed E-state index contributed by atoms with van der Waals surface area (Å²) in [6.07, 6.45) is 2.77. The van der Waals surface area contributed by atoms with E-state index in [2.05, 4.69) is 39.7 Å². The van der Waals surface area contributed by atoms with Crippen LogP contribution in [0.5, 0.6) is 0 Å². The van der Waals surface area contributed by atoms with E-state index < -0.39 is 0 Å². The topological polar surface area (TPSA) is 76.4 Å². The van der Waals surface area contributed by atoms with Gasteiger partial charge in [-0.2, -0.15) is 0 Å². The minimum absolute atomic E-state index is 0.588. The van der Waals surface area contributed by atoms with Gasteiger partial charge in [0.05, 0.1) is 13.2 Å². The number of ether oxygens (including phenoxy) is 1. The monoisotopic (exact) mass is 282 g/mol. The summed E-state index contributed by atoms with van der Waals surface area (Å²) in [4.78, 5) is 4.14. The van der Waals surface area contributed by atoms with Gasteiger partial charge in [0.1, 0.15) is 6.33 Å². The van der Waals surface area contributed by atoms with Crippen molar-refractivity contribution in [3.05, 3.63) is 12.2 Å². The summed E-state index contributed by atoms with van der Waals surface area (Å²) in [7, 11) is 3.65. The van der Waals surface area contributed by atoms with E-state index in [1.807, 2.05) is 11.6 Å². The molecule has 1 rings (SSSR count). The lowest BCUT2D eigenvalue weighted by molar-refractivity contribution is 0.128. The summed E-state index contributed by atoms with van der Waals surface area (Å²) in [5.41, 5.74) is 0. The molecule has 1 heterocycles. The molecule has 0 atom stereocenters. The van der Waals surface area contributed by atoms with Crippen molar-refractivity contribution in [3.63, 3.8) is 0 Å². The van der Waals surface area contributed by atoms with Gasteiger partial charge in [0.25, 0.3) is 0 Å². The van der Waals surface area contributed by atoms with Crippen LogP contribution in [0.4, 0.5) is 0 Å². The molecule has 0 bridgehead atoms. The van der Waals surface area contributed by atoms with E-state index in [0.29, 0.717) is 19.1 Å². The first-order valence-electron chi connectivity index (χ1n) is 6.98. The molecule has 0 spiro atoms. The van der Waals surface area contributed by atoms with Gasteiger partial charge in [0.2, 0.25) is 0 Å². The minimum Gasteiger partial charge on any atom is -0.380 e. The second-order valence-electron chi connectivity index (χ2n) is 5.01. The number of aliphatic imine (C=N–C) groups is 1. The van der Waals surface area contributed by atoms with Gasteiger partial charge < -0.3 is 19.9 Å². The predicted molar refractivity (Wildman–Crippen MR) is 79.5 cm³/mol. The summed E-state index contributed by atoms with van der Waals surface area (Å²) in [6.45, 7) is 7.20. The van der Waals surface area contributed by atoms with Crippen LogP contribution in [0.25, 0.3) is 0 Å². The second kappa shape index (κ2) is 9.30. The van der Waals surface area contributed by atoms with Crippen LogP contribution >= 0.6 is 0 Å². The highest BCUT2D eigenvalue weighted by molar-refractivity contribution is 5.79. The summed E-state index contributed by atoms with van der Waals surface area (Å²) < 4.78 is 7.41. The number of aromatic nitrogens is 3. The highest BCUT2D eigenvalue weighted by Gasteiger charge is 2.02.